The molecule has 32 heavy (non-hydrogen) atoms. The summed E-state index contributed by atoms with van der Waals surface area (Å²) in [5.41, 5.74) is 1.10. The van der Waals surface area contributed by atoms with Crippen LogP contribution in [0, 0.1) is 0 Å². The third kappa shape index (κ3) is 8.09. The molecule has 0 saturated carbocycles. The van der Waals surface area contributed by atoms with Crippen LogP contribution in [-0.4, -0.2) is 72.5 Å². The number of halogens is 2. The highest BCUT2D eigenvalue weighted by molar-refractivity contribution is 14.0. The molecule has 0 spiro atoms. The van der Waals surface area contributed by atoms with Crippen molar-refractivity contribution >= 4 is 53.4 Å². The van der Waals surface area contributed by atoms with Crippen LogP contribution in [-0.2, 0) is 11.2 Å². The maximum absolute atomic E-state index is 12.6. The minimum atomic E-state index is 0. The molecule has 2 heterocycles. The van der Waals surface area contributed by atoms with Crippen LogP contribution < -0.4 is 15.5 Å². The fourth-order valence-corrected chi connectivity index (χ4v) is 3.62. The van der Waals surface area contributed by atoms with Crippen molar-refractivity contribution in [2.45, 2.75) is 19.8 Å². The molecule has 2 N–H and O–H groups in total. The first-order chi connectivity index (χ1) is 15.2. The third-order valence-corrected chi connectivity index (χ3v) is 5.42. The minimum absolute atomic E-state index is 0. The number of aromatic nitrogens is 2. The lowest BCUT2D eigenvalue weighted by molar-refractivity contribution is -0.131. The summed E-state index contributed by atoms with van der Waals surface area (Å²) in [7, 11) is 0. The number of nitrogens with one attached hydrogen (secondary N) is 2. The Morgan fingerprint density at radius 2 is 1.81 bits per heavy atom. The fourth-order valence-electron chi connectivity index (χ4n) is 3.39. The van der Waals surface area contributed by atoms with Gasteiger partial charge >= 0.3 is 0 Å². The van der Waals surface area contributed by atoms with Crippen LogP contribution >= 0.6 is 35.6 Å². The number of nitrogens with zero attached hydrogens (tertiary/aromatic N) is 5. The van der Waals surface area contributed by atoms with Crippen molar-refractivity contribution in [3.05, 3.63) is 53.3 Å². The van der Waals surface area contributed by atoms with Gasteiger partial charge in [0, 0.05) is 63.1 Å². The molecule has 0 unspecified atom stereocenters. The summed E-state index contributed by atoms with van der Waals surface area (Å²) in [6, 6.07) is 9.64. The third-order valence-electron chi connectivity index (χ3n) is 5.05. The van der Waals surface area contributed by atoms with E-state index in [4.69, 9.17) is 11.6 Å². The van der Waals surface area contributed by atoms with E-state index in [1.54, 1.807) is 18.5 Å². The number of hydrogen-bond acceptors (Lipinski definition) is 5. The van der Waals surface area contributed by atoms with Gasteiger partial charge < -0.3 is 20.4 Å². The molecular formula is C22H31ClIN7O. The van der Waals surface area contributed by atoms with E-state index >= 15 is 0 Å². The molecule has 1 amide bonds. The highest BCUT2D eigenvalue weighted by Crippen LogP contribution is 2.14. The molecule has 3 rings (SSSR count). The highest BCUT2D eigenvalue weighted by Gasteiger charge is 2.22. The van der Waals surface area contributed by atoms with Gasteiger partial charge in [-0.15, -0.1) is 24.0 Å². The lowest BCUT2D eigenvalue weighted by Crippen LogP contribution is -2.49. The average molecular weight is 572 g/mol. The van der Waals surface area contributed by atoms with Crippen molar-refractivity contribution in [3.63, 3.8) is 0 Å². The zero-order chi connectivity index (χ0) is 21.9. The average Bonchev–Trinajstić information content (AvgIpc) is 2.81. The van der Waals surface area contributed by atoms with Gasteiger partial charge in [-0.2, -0.15) is 0 Å². The van der Waals surface area contributed by atoms with Crippen molar-refractivity contribution in [2.24, 2.45) is 4.99 Å². The molecule has 0 atom stereocenters. The lowest BCUT2D eigenvalue weighted by Gasteiger charge is -2.34. The lowest BCUT2D eigenvalue weighted by atomic mass is 10.1. The minimum Gasteiger partial charge on any atom is -0.357 e. The Balaban J connectivity index is 0.00000363. The molecule has 0 radical (unpaired) electrons. The Hall–Kier alpha value is -2.14. The van der Waals surface area contributed by atoms with E-state index in [1.807, 2.05) is 36.1 Å². The number of carbonyl (C=O) groups is 1. The smallest absolute Gasteiger partial charge is 0.225 e. The number of guanidine groups is 1. The normalized spacial score (nSPS) is 14.0. The van der Waals surface area contributed by atoms with Gasteiger partial charge in [0.05, 0.1) is 6.54 Å². The van der Waals surface area contributed by atoms with Crippen molar-refractivity contribution in [1.82, 2.24) is 25.5 Å². The van der Waals surface area contributed by atoms with Gasteiger partial charge in [-0.1, -0.05) is 29.8 Å². The van der Waals surface area contributed by atoms with Gasteiger partial charge in [-0.25, -0.2) is 9.97 Å². The molecule has 1 aliphatic heterocycles. The Morgan fingerprint density at radius 1 is 1.09 bits per heavy atom. The summed E-state index contributed by atoms with van der Waals surface area (Å²) < 4.78 is 0. The SMILES string of the molecule is CCNC(=NCCC(=O)N1CCN(c2ncccn2)CC1)NCCc1ccccc1Cl.I. The molecule has 1 aliphatic rings. The molecule has 2 aromatic rings. The molecule has 1 aromatic heterocycles. The predicted octanol–water partition coefficient (Wildman–Crippen LogP) is 2.58. The van der Waals surface area contributed by atoms with Crippen LogP contribution in [0.2, 0.25) is 5.02 Å². The molecule has 10 heteroatoms. The van der Waals surface area contributed by atoms with E-state index in [1.165, 1.54) is 0 Å². The summed E-state index contributed by atoms with van der Waals surface area (Å²) in [4.78, 5) is 29.7. The second kappa shape index (κ2) is 14.1. The molecule has 0 bridgehead atoms. The van der Waals surface area contributed by atoms with Crippen LogP contribution in [0.25, 0.3) is 0 Å². The number of hydrogen-bond donors (Lipinski definition) is 2. The monoisotopic (exact) mass is 571 g/mol. The van der Waals surface area contributed by atoms with E-state index in [-0.39, 0.29) is 29.9 Å². The van der Waals surface area contributed by atoms with Gasteiger partial charge in [0.1, 0.15) is 0 Å². The number of benzene rings is 1. The summed E-state index contributed by atoms with van der Waals surface area (Å²) in [5.74, 6) is 1.56. The van der Waals surface area contributed by atoms with Gasteiger partial charge in [0.15, 0.2) is 5.96 Å². The maximum atomic E-state index is 12.6. The quantitative estimate of drug-likeness (QED) is 0.288. The molecular weight excluding hydrogens is 541 g/mol. The standard InChI is InChI=1S/C22H30ClN7O.HI/c1-2-24-21(25-12-8-18-6-3-4-7-19(18)23)26-13-9-20(31)29-14-16-30(17-15-29)22-27-10-5-11-28-22;/h3-7,10-11H,2,8-9,12-17H2,1H3,(H2,24,25,26);1H. The number of piperazine rings is 1. The summed E-state index contributed by atoms with van der Waals surface area (Å²) >= 11 is 6.21. The Morgan fingerprint density at radius 3 is 2.50 bits per heavy atom. The van der Waals surface area contributed by atoms with E-state index in [9.17, 15) is 4.79 Å². The fraction of sp³-hybridized carbons (Fsp3) is 0.455. The zero-order valence-corrected chi connectivity index (χ0v) is 21.4. The van der Waals surface area contributed by atoms with Gasteiger partial charge in [-0.05, 0) is 31.0 Å². The molecule has 1 aromatic carbocycles. The largest absolute Gasteiger partial charge is 0.357 e. The van der Waals surface area contributed by atoms with Crippen LogP contribution in [0.5, 0.6) is 0 Å². The van der Waals surface area contributed by atoms with E-state index < -0.39 is 0 Å². The van der Waals surface area contributed by atoms with E-state index in [2.05, 4.69) is 30.5 Å². The molecule has 8 nitrogen and oxygen atoms in total. The van der Waals surface area contributed by atoms with Crippen LogP contribution in [0.3, 0.4) is 0 Å². The van der Waals surface area contributed by atoms with E-state index in [0.717, 1.165) is 42.6 Å². The zero-order valence-electron chi connectivity index (χ0n) is 18.3. The molecule has 174 valence electrons. The maximum Gasteiger partial charge on any atom is 0.225 e. The Kier molecular flexibility index (Phi) is 11.5. The van der Waals surface area contributed by atoms with E-state index in [0.29, 0.717) is 38.6 Å². The molecule has 0 aliphatic carbocycles. The van der Waals surface area contributed by atoms with Crippen LogP contribution in [0.4, 0.5) is 5.95 Å². The van der Waals surface area contributed by atoms with Crippen molar-refractivity contribution in [2.75, 3.05) is 50.7 Å². The summed E-state index contributed by atoms with van der Waals surface area (Å²) in [6.45, 7) is 6.78. The first-order valence-electron chi connectivity index (χ1n) is 10.7. The van der Waals surface area contributed by atoms with Gasteiger partial charge in [0.2, 0.25) is 11.9 Å². The number of aliphatic imine (C=N–C) groups is 1. The summed E-state index contributed by atoms with van der Waals surface area (Å²) in [5, 5.41) is 7.30. The molecule has 1 saturated heterocycles. The number of carbonyl (C=O) groups excluding carboxylic acids is 1. The van der Waals surface area contributed by atoms with Crippen molar-refractivity contribution in [3.8, 4) is 0 Å². The van der Waals surface area contributed by atoms with Gasteiger partial charge in [-0.3, -0.25) is 9.79 Å². The number of amides is 1. The second-order valence-electron chi connectivity index (χ2n) is 7.20. The van der Waals surface area contributed by atoms with Crippen molar-refractivity contribution < 1.29 is 4.79 Å². The second-order valence-corrected chi connectivity index (χ2v) is 7.60. The van der Waals surface area contributed by atoms with Crippen LogP contribution in [0.15, 0.2) is 47.7 Å². The van der Waals surface area contributed by atoms with Crippen molar-refractivity contribution in [1.29, 1.82) is 0 Å². The first-order valence-corrected chi connectivity index (χ1v) is 11.1. The summed E-state index contributed by atoms with van der Waals surface area (Å²) in [6.07, 6.45) is 4.67. The topological polar surface area (TPSA) is 85.8 Å². The highest BCUT2D eigenvalue weighted by atomic mass is 127. The number of anilines is 1. The predicted molar refractivity (Wildman–Crippen MR) is 140 cm³/mol. The van der Waals surface area contributed by atoms with Gasteiger partial charge in [0.25, 0.3) is 0 Å². The Labute approximate surface area is 211 Å². The molecule has 1 fully saturated rings. The number of rotatable bonds is 8. The van der Waals surface area contributed by atoms with Crippen LogP contribution in [0.1, 0.15) is 18.9 Å². The Bertz CT molecular complexity index is 860. The first kappa shape index (κ1) is 26.1.